The minimum Gasteiger partial charge on any atom is -0.733 e. The molecular formula is C27H23N4O5-. The van der Waals surface area contributed by atoms with Gasteiger partial charge >= 0.3 is 6.03 Å². The first-order valence-electron chi connectivity index (χ1n) is 11.5. The lowest BCUT2D eigenvalue weighted by Crippen LogP contribution is -2.50. The van der Waals surface area contributed by atoms with Crippen LogP contribution in [-0.4, -0.2) is 40.7 Å². The van der Waals surface area contributed by atoms with Crippen molar-refractivity contribution in [3.8, 4) is 5.75 Å². The van der Waals surface area contributed by atoms with Crippen LogP contribution >= 0.6 is 0 Å². The van der Waals surface area contributed by atoms with Crippen molar-refractivity contribution in [3.63, 3.8) is 0 Å². The highest BCUT2D eigenvalue weighted by atomic mass is 16.8. The van der Waals surface area contributed by atoms with Gasteiger partial charge in [0, 0.05) is 28.9 Å². The lowest BCUT2D eigenvalue weighted by atomic mass is 9.78. The fourth-order valence-electron chi connectivity index (χ4n) is 5.58. The van der Waals surface area contributed by atoms with Gasteiger partial charge in [0.25, 0.3) is 5.91 Å². The second-order valence-corrected chi connectivity index (χ2v) is 9.15. The number of ether oxygens (including phenoxy) is 1. The van der Waals surface area contributed by atoms with Crippen LogP contribution in [0.3, 0.4) is 0 Å². The molecule has 9 nitrogen and oxygen atoms in total. The number of aromatic nitrogens is 1. The van der Waals surface area contributed by atoms with E-state index in [-0.39, 0.29) is 23.4 Å². The smallest absolute Gasteiger partial charge is 0.332 e. The number of rotatable bonds is 4. The van der Waals surface area contributed by atoms with E-state index < -0.39 is 17.5 Å². The molecule has 1 aromatic heterocycles. The molecule has 1 fully saturated rings. The molecule has 6 rings (SSSR count). The molecular weight excluding hydrogens is 460 g/mol. The standard InChI is InChI=1S/C27H23N4O5/c1-27-24-23(19-8-3-5-9-21(19)28-24)20(18-7-4-6-10-22(18)36-2)15-29(27)26(33)30(25(27)32)16-11-13-17(14-12-16)31(34)35/h3-14,20,28,34H,15H2,1-2H3/q-1/t20?,27-/m0/s1. The Morgan fingerprint density at radius 3 is 2.47 bits per heavy atom. The van der Waals surface area contributed by atoms with Crippen LogP contribution in [0.4, 0.5) is 16.2 Å². The molecule has 3 aromatic carbocycles. The van der Waals surface area contributed by atoms with Crippen molar-refractivity contribution in [3.05, 3.63) is 94.8 Å². The highest BCUT2D eigenvalue weighted by molar-refractivity contribution is 6.23. The molecule has 3 heterocycles. The predicted octanol–water partition coefficient (Wildman–Crippen LogP) is 4.70. The number of amides is 3. The first-order chi connectivity index (χ1) is 17.4. The van der Waals surface area contributed by atoms with Gasteiger partial charge in [0.05, 0.1) is 24.2 Å². The molecule has 1 unspecified atom stereocenters. The minimum absolute atomic E-state index is 0.00378. The Hall–Kier alpha value is -4.34. The topological polar surface area (TPSA) is 112 Å². The SMILES string of the molecule is COc1ccccc1C1CN2C(=O)N(c3ccc(N([O-])O)cc3)C(=O)[C@]2(C)c2[nH]c3ccccc3c21. The lowest BCUT2D eigenvalue weighted by molar-refractivity contribution is -0.125. The zero-order chi connectivity index (χ0) is 25.2. The Bertz CT molecular complexity index is 1510. The number of fused-ring (bicyclic) bond motifs is 5. The maximum absolute atomic E-state index is 14.0. The summed E-state index contributed by atoms with van der Waals surface area (Å²) in [4.78, 5) is 34.0. The fraction of sp³-hybridized carbons (Fsp3) is 0.185. The summed E-state index contributed by atoms with van der Waals surface area (Å²) in [7, 11) is 1.62. The number of methoxy groups -OCH3 is 1. The number of imide groups is 1. The van der Waals surface area contributed by atoms with Gasteiger partial charge in [0.2, 0.25) is 0 Å². The molecule has 2 atom stereocenters. The number of urea groups is 1. The molecule has 4 aromatic rings. The molecule has 0 saturated carbocycles. The van der Waals surface area contributed by atoms with Crippen molar-refractivity contribution in [2.75, 3.05) is 23.8 Å². The molecule has 36 heavy (non-hydrogen) atoms. The summed E-state index contributed by atoms with van der Waals surface area (Å²) in [6.45, 7) is 2.04. The lowest BCUT2D eigenvalue weighted by Gasteiger charge is -2.40. The molecule has 0 radical (unpaired) electrons. The molecule has 2 N–H and O–H groups in total. The van der Waals surface area contributed by atoms with Gasteiger partial charge < -0.3 is 25.1 Å². The third-order valence-corrected chi connectivity index (χ3v) is 7.37. The zero-order valence-electron chi connectivity index (χ0n) is 19.6. The monoisotopic (exact) mass is 483 g/mol. The third-order valence-electron chi connectivity index (χ3n) is 7.37. The highest BCUT2D eigenvalue weighted by Crippen LogP contribution is 2.51. The summed E-state index contributed by atoms with van der Waals surface area (Å²) in [5, 5.41) is 21.1. The number of hydrogen-bond acceptors (Lipinski definition) is 6. The summed E-state index contributed by atoms with van der Waals surface area (Å²) < 4.78 is 5.67. The van der Waals surface area contributed by atoms with Crippen molar-refractivity contribution in [1.29, 1.82) is 0 Å². The van der Waals surface area contributed by atoms with Crippen LogP contribution in [0, 0.1) is 5.21 Å². The summed E-state index contributed by atoms with van der Waals surface area (Å²) in [6.07, 6.45) is 0. The normalized spacial score (nSPS) is 21.1. The van der Waals surface area contributed by atoms with Gasteiger partial charge in [0.1, 0.15) is 5.75 Å². The second-order valence-electron chi connectivity index (χ2n) is 9.15. The van der Waals surface area contributed by atoms with Crippen LogP contribution in [0.25, 0.3) is 10.9 Å². The molecule has 2 aliphatic heterocycles. The number of benzene rings is 3. The summed E-state index contributed by atoms with van der Waals surface area (Å²) in [5.74, 6) is 0.0799. The molecule has 2 aliphatic rings. The number of nitrogens with zero attached hydrogens (tertiary/aromatic N) is 3. The van der Waals surface area contributed by atoms with E-state index in [4.69, 9.17) is 9.94 Å². The van der Waals surface area contributed by atoms with Crippen LogP contribution in [0.1, 0.15) is 29.7 Å². The molecule has 9 heteroatoms. The van der Waals surface area contributed by atoms with Crippen molar-refractivity contribution < 1.29 is 19.5 Å². The van der Waals surface area contributed by atoms with E-state index in [1.807, 2.05) is 48.5 Å². The first-order valence-corrected chi connectivity index (χ1v) is 11.5. The predicted molar refractivity (Wildman–Crippen MR) is 134 cm³/mol. The second kappa shape index (κ2) is 7.84. The number of carbonyl (C=O) groups is 2. The number of aromatic amines is 1. The van der Waals surface area contributed by atoms with Crippen molar-refractivity contribution in [2.45, 2.75) is 18.4 Å². The van der Waals surface area contributed by atoms with Crippen LogP contribution < -0.4 is 14.9 Å². The van der Waals surface area contributed by atoms with E-state index in [0.717, 1.165) is 26.9 Å². The average Bonchev–Trinajstić information content (AvgIpc) is 3.38. The van der Waals surface area contributed by atoms with Crippen molar-refractivity contribution in [2.24, 2.45) is 0 Å². The average molecular weight is 484 g/mol. The number of carbonyl (C=O) groups excluding carboxylic acids is 2. The Balaban J connectivity index is 1.55. The van der Waals surface area contributed by atoms with Crippen molar-refractivity contribution in [1.82, 2.24) is 9.88 Å². The molecule has 182 valence electrons. The fourth-order valence-corrected chi connectivity index (χ4v) is 5.58. The molecule has 1 saturated heterocycles. The third kappa shape index (κ3) is 2.90. The Kier molecular flexibility index (Phi) is 4.82. The first kappa shape index (κ1) is 22.1. The van der Waals surface area contributed by atoms with E-state index in [0.29, 0.717) is 17.1 Å². The molecule has 0 bridgehead atoms. The maximum atomic E-state index is 14.0. The number of hydrogen-bond donors (Lipinski definition) is 2. The Morgan fingerprint density at radius 2 is 1.75 bits per heavy atom. The van der Waals surface area contributed by atoms with E-state index in [1.54, 1.807) is 18.9 Å². The summed E-state index contributed by atoms with van der Waals surface area (Å²) in [6, 6.07) is 20.8. The van der Waals surface area contributed by atoms with Crippen LogP contribution in [-0.2, 0) is 10.3 Å². The zero-order valence-corrected chi connectivity index (χ0v) is 19.6. The van der Waals surface area contributed by atoms with E-state index in [1.165, 1.54) is 24.3 Å². The van der Waals surface area contributed by atoms with Gasteiger partial charge in [0.15, 0.2) is 5.54 Å². The quantitative estimate of drug-likeness (QED) is 0.321. The number of anilines is 2. The Morgan fingerprint density at radius 1 is 1.06 bits per heavy atom. The van der Waals surface area contributed by atoms with E-state index in [9.17, 15) is 14.8 Å². The van der Waals surface area contributed by atoms with Crippen LogP contribution in [0.15, 0.2) is 72.8 Å². The van der Waals surface area contributed by atoms with E-state index in [2.05, 4.69) is 4.98 Å². The van der Waals surface area contributed by atoms with Crippen LogP contribution in [0.5, 0.6) is 5.75 Å². The van der Waals surface area contributed by atoms with Gasteiger partial charge in [-0.2, -0.15) is 0 Å². The van der Waals surface area contributed by atoms with Crippen molar-refractivity contribution >= 4 is 34.2 Å². The largest absolute Gasteiger partial charge is 0.733 e. The molecule has 0 spiro atoms. The number of H-pyrrole nitrogens is 1. The van der Waals surface area contributed by atoms with Gasteiger partial charge in [-0.05, 0) is 48.9 Å². The molecule has 3 amide bonds. The number of para-hydroxylation sites is 2. The summed E-state index contributed by atoms with van der Waals surface area (Å²) >= 11 is 0. The highest BCUT2D eigenvalue weighted by Gasteiger charge is 2.60. The van der Waals surface area contributed by atoms with Gasteiger partial charge in [-0.1, -0.05) is 36.4 Å². The summed E-state index contributed by atoms with van der Waals surface area (Å²) in [5.41, 5.74) is 2.50. The van der Waals surface area contributed by atoms with Gasteiger partial charge in [-0.25, -0.2) is 9.69 Å². The van der Waals surface area contributed by atoms with Gasteiger partial charge in [-0.3, -0.25) is 10.0 Å². The van der Waals surface area contributed by atoms with Crippen LogP contribution in [0.2, 0.25) is 0 Å². The van der Waals surface area contributed by atoms with Gasteiger partial charge in [-0.15, -0.1) is 0 Å². The Labute approximate surface area is 206 Å². The number of nitrogens with one attached hydrogen (secondary N) is 1. The maximum Gasteiger partial charge on any atom is 0.332 e. The minimum atomic E-state index is -1.26. The molecule has 0 aliphatic carbocycles. The van der Waals surface area contributed by atoms with E-state index >= 15 is 0 Å².